The minimum atomic E-state index is -3.43. The molecule has 2 heterocycles. The summed E-state index contributed by atoms with van der Waals surface area (Å²) in [6, 6.07) is 1.23. The molecule has 0 bridgehead atoms. The summed E-state index contributed by atoms with van der Waals surface area (Å²) in [5.41, 5.74) is -0.952. The SMILES string of the molecule is COC(C)(C)C(=O)N[C@H]1CN(C)S(=O)(=O)c2ccsc21. The highest BCUT2D eigenvalue weighted by molar-refractivity contribution is 7.89. The highest BCUT2D eigenvalue weighted by Gasteiger charge is 2.38. The van der Waals surface area contributed by atoms with Crippen molar-refractivity contribution in [3.05, 3.63) is 16.3 Å². The molecule has 1 atom stereocenters. The van der Waals surface area contributed by atoms with Crippen molar-refractivity contribution in [2.75, 3.05) is 20.7 Å². The Balaban J connectivity index is 2.31. The van der Waals surface area contributed by atoms with Crippen molar-refractivity contribution in [2.45, 2.75) is 30.4 Å². The Bertz CT molecular complexity index is 621. The highest BCUT2D eigenvalue weighted by atomic mass is 32.2. The molecule has 1 aromatic rings. The second-order valence-electron chi connectivity index (χ2n) is 5.18. The zero-order valence-electron chi connectivity index (χ0n) is 11.8. The molecule has 8 heteroatoms. The lowest BCUT2D eigenvalue weighted by molar-refractivity contribution is -0.140. The Labute approximate surface area is 122 Å². The van der Waals surface area contributed by atoms with Crippen LogP contribution in [0.15, 0.2) is 16.3 Å². The third-order valence-corrected chi connectivity index (χ3v) is 6.51. The van der Waals surface area contributed by atoms with E-state index in [4.69, 9.17) is 4.74 Å². The Kier molecular flexibility index (Phi) is 3.94. The molecule has 0 aliphatic carbocycles. The van der Waals surface area contributed by atoms with Crippen LogP contribution in [0.2, 0.25) is 0 Å². The van der Waals surface area contributed by atoms with Crippen LogP contribution in [0.4, 0.5) is 0 Å². The van der Waals surface area contributed by atoms with Crippen molar-refractivity contribution in [1.29, 1.82) is 0 Å². The fraction of sp³-hybridized carbons (Fsp3) is 0.583. The first-order valence-corrected chi connectivity index (χ1v) is 8.42. The van der Waals surface area contributed by atoms with Crippen molar-refractivity contribution in [2.24, 2.45) is 0 Å². The van der Waals surface area contributed by atoms with Crippen molar-refractivity contribution in [3.8, 4) is 0 Å². The summed E-state index contributed by atoms with van der Waals surface area (Å²) in [5, 5.41) is 4.59. The Morgan fingerprint density at radius 1 is 1.55 bits per heavy atom. The minimum absolute atomic E-state index is 0.224. The molecule has 0 saturated heterocycles. The molecule has 1 aromatic heterocycles. The number of sulfonamides is 1. The van der Waals surface area contributed by atoms with Crippen LogP contribution in [0.1, 0.15) is 24.8 Å². The topological polar surface area (TPSA) is 75.7 Å². The van der Waals surface area contributed by atoms with Crippen LogP contribution in [-0.2, 0) is 19.6 Å². The zero-order valence-corrected chi connectivity index (χ0v) is 13.5. The van der Waals surface area contributed by atoms with E-state index in [1.54, 1.807) is 25.3 Å². The maximum Gasteiger partial charge on any atom is 0.252 e. The van der Waals surface area contributed by atoms with E-state index in [9.17, 15) is 13.2 Å². The smallest absolute Gasteiger partial charge is 0.252 e. The van der Waals surface area contributed by atoms with E-state index in [1.165, 1.54) is 29.8 Å². The van der Waals surface area contributed by atoms with E-state index in [0.717, 1.165) is 0 Å². The third kappa shape index (κ3) is 2.48. The highest BCUT2D eigenvalue weighted by Crippen LogP contribution is 2.35. The molecule has 1 aliphatic rings. The summed E-state index contributed by atoms with van der Waals surface area (Å²) in [7, 11) is -0.450. The number of ether oxygens (including phenoxy) is 1. The summed E-state index contributed by atoms with van der Waals surface area (Å²) in [6.45, 7) is 3.56. The van der Waals surface area contributed by atoms with Gasteiger partial charge in [0, 0.05) is 25.6 Å². The molecule has 2 rings (SSSR count). The van der Waals surface area contributed by atoms with Gasteiger partial charge in [-0.2, -0.15) is 4.31 Å². The number of likely N-dealkylation sites (N-methyl/N-ethyl adjacent to an activating group) is 1. The van der Waals surface area contributed by atoms with Gasteiger partial charge in [-0.1, -0.05) is 0 Å². The zero-order chi connectivity index (χ0) is 15.1. The average Bonchev–Trinajstić information content (AvgIpc) is 2.86. The molecule has 20 heavy (non-hydrogen) atoms. The number of thiophene rings is 1. The van der Waals surface area contributed by atoms with Crippen molar-refractivity contribution >= 4 is 27.3 Å². The maximum absolute atomic E-state index is 12.2. The van der Waals surface area contributed by atoms with Gasteiger partial charge in [0.15, 0.2) is 0 Å². The lowest BCUT2D eigenvalue weighted by atomic mass is 10.1. The molecule has 0 radical (unpaired) electrons. The van der Waals surface area contributed by atoms with Crippen LogP contribution in [0, 0.1) is 0 Å². The monoisotopic (exact) mass is 318 g/mol. The number of carbonyl (C=O) groups excluding carboxylic acids is 1. The van der Waals surface area contributed by atoms with Crippen LogP contribution in [-0.4, -0.2) is 44.9 Å². The number of nitrogens with zero attached hydrogens (tertiary/aromatic N) is 1. The second-order valence-corrected chi connectivity index (χ2v) is 8.14. The Morgan fingerprint density at radius 3 is 2.80 bits per heavy atom. The lowest BCUT2D eigenvalue weighted by Crippen LogP contribution is -2.49. The number of methoxy groups -OCH3 is 1. The average molecular weight is 318 g/mol. The second kappa shape index (κ2) is 5.10. The summed E-state index contributed by atoms with van der Waals surface area (Å²) in [6.07, 6.45) is 0. The number of hydrogen-bond donors (Lipinski definition) is 1. The molecular weight excluding hydrogens is 300 g/mol. The van der Waals surface area contributed by atoms with Crippen LogP contribution in [0.3, 0.4) is 0 Å². The number of carbonyl (C=O) groups is 1. The number of nitrogens with one attached hydrogen (secondary N) is 1. The molecule has 6 nitrogen and oxygen atoms in total. The van der Waals surface area contributed by atoms with Gasteiger partial charge in [-0.05, 0) is 25.3 Å². The van der Waals surface area contributed by atoms with E-state index in [1.807, 2.05) is 0 Å². The molecular formula is C12H18N2O4S2. The molecule has 0 unspecified atom stereocenters. The van der Waals surface area contributed by atoms with E-state index in [-0.39, 0.29) is 23.4 Å². The first kappa shape index (κ1) is 15.4. The molecule has 1 amide bonds. The lowest BCUT2D eigenvalue weighted by Gasteiger charge is -2.32. The Morgan fingerprint density at radius 2 is 2.20 bits per heavy atom. The molecule has 0 spiro atoms. The summed E-state index contributed by atoms with van der Waals surface area (Å²) in [4.78, 5) is 13.1. The minimum Gasteiger partial charge on any atom is -0.369 e. The predicted octanol–water partition coefficient (Wildman–Crippen LogP) is 0.965. The van der Waals surface area contributed by atoms with Crippen molar-refractivity contribution in [3.63, 3.8) is 0 Å². The predicted molar refractivity (Wildman–Crippen MR) is 76.1 cm³/mol. The normalized spacial score (nSPS) is 22.3. The van der Waals surface area contributed by atoms with Crippen molar-refractivity contribution in [1.82, 2.24) is 9.62 Å². The molecule has 0 aromatic carbocycles. The summed E-state index contributed by atoms with van der Waals surface area (Å²) >= 11 is 1.34. The van der Waals surface area contributed by atoms with Crippen molar-refractivity contribution < 1.29 is 17.9 Å². The molecule has 0 saturated carbocycles. The largest absolute Gasteiger partial charge is 0.369 e. The van der Waals surface area contributed by atoms with E-state index in [2.05, 4.69) is 5.32 Å². The Hall–Kier alpha value is -0.960. The van der Waals surface area contributed by atoms with Crippen LogP contribution >= 0.6 is 11.3 Å². The summed E-state index contributed by atoms with van der Waals surface area (Å²) in [5.74, 6) is -0.267. The van der Waals surface area contributed by atoms with E-state index >= 15 is 0 Å². The van der Waals surface area contributed by atoms with Gasteiger partial charge in [0.05, 0.1) is 10.9 Å². The fourth-order valence-electron chi connectivity index (χ4n) is 1.92. The van der Waals surface area contributed by atoms with E-state index < -0.39 is 15.6 Å². The first-order chi connectivity index (χ1) is 9.20. The molecule has 1 aliphatic heterocycles. The van der Waals surface area contributed by atoms with Gasteiger partial charge < -0.3 is 10.1 Å². The summed E-state index contributed by atoms with van der Waals surface area (Å²) < 4.78 is 30.7. The van der Waals surface area contributed by atoms with Crippen LogP contribution < -0.4 is 5.32 Å². The van der Waals surface area contributed by atoms with Gasteiger partial charge in [-0.15, -0.1) is 11.3 Å². The quantitative estimate of drug-likeness (QED) is 0.901. The van der Waals surface area contributed by atoms with Gasteiger partial charge in [-0.3, -0.25) is 4.79 Å². The standard InChI is InChI=1S/C12H18N2O4S2/c1-12(2,18-4)11(15)13-8-7-14(3)20(16,17)9-5-6-19-10(8)9/h5-6,8H,7H2,1-4H3,(H,13,15)/t8-/m0/s1. The number of hydrogen-bond acceptors (Lipinski definition) is 5. The third-order valence-electron chi connectivity index (χ3n) is 3.46. The fourth-order valence-corrected chi connectivity index (χ4v) is 4.61. The number of fused-ring (bicyclic) bond motifs is 1. The van der Waals surface area contributed by atoms with Crippen LogP contribution in [0.5, 0.6) is 0 Å². The van der Waals surface area contributed by atoms with Gasteiger partial charge in [-0.25, -0.2) is 8.42 Å². The maximum atomic E-state index is 12.2. The van der Waals surface area contributed by atoms with Crippen LogP contribution in [0.25, 0.3) is 0 Å². The number of rotatable bonds is 3. The van der Waals surface area contributed by atoms with Gasteiger partial charge >= 0.3 is 0 Å². The van der Waals surface area contributed by atoms with Gasteiger partial charge in [0.1, 0.15) is 5.60 Å². The molecule has 112 valence electrons. The van der Waals surface area contributed by atoms with Gasteiger partial charge in [0.2, 0.25) is 10.0 Å². The number of amides is 1. The van der Waals surface area contributed by atoms with E-state index in [0.29, 0.717) is 4.88 Å². The molecule has 1 N–H and O–H groups in total. The molecule has 0 fully saturated rings. The first-order valence-electron chi connectivity index (χ1n) is 6.10. The van der Waals surface area contributed by atoms with Gasteiger partial charge in [0.25, 0.3) is 5.91 Å².